The monoisotopic (exact) mass is 338 g/mol. The number of aromatic amines is 1. The lowest BCUT2D eigenvalue weighted by Gasteiger charge is -2.22. The Morgan fingerprint density at radius 3 is 2.68 bits per heavy atom. The normalized spacial score (nSPS) is 13.8. The van der Waals surface area contributed by atoms with E-state index >= 15 is 0 Å². The maximum atomic E-state index is 12.3. The van der Waals surface area contributed by atoms with Crippen molar-refractivity contribution in [3.8, 4) is 0 Å². The van der Waals surface area contributed by atoms with Gasteiger partial charge in [0.2, 0.25) is 5.91 Å². The Morgan fingerprint density at radius 1 is 1.36 bits per heavy atom. The molecule has 6 nitrogen and oxygen atoms in total. The van der Waals surface area contributed by atoms with Gasteiger partial charge in [-0.25, -0.2) is 0 Å². The minimum atomic E-state index is -0.196. The number of nitrogens with zero attached hydrogens (tertiary/aromatic N) is 2. The molecule has 1 aromatic heterocycles. The van der Waals surface area contributed by atoms with E-state index in [9.17, 15) is 9.59 Å². The molecule has 1 aliphatic rings. The van der Waals surface area contributed by atoms with Crippen molar-refractivity contribution in [3.63, 3.8) is 0 Å². The zero-order valence-corrected chi connectivity index (χ0v) is 14.3. The molecule has 1 aromatic carbocycles. The maximum Gasteiger partial charge on any atom is 0.251 e. The average molecular weight is 338 g/mol. The minimum Gasteiger partial charge on any atom is -0.346 e. The number of nitrogens with one attached hydrogen (secondary N) is 2. The summed E-state index contributed by atoms with van der Waals surface area (Å²) in [4.78, 5) is 25.3. The summed E-state index contributed by atoms with van der Waals surface area (Å²) in [6.07, 6.45) is 4.92. The van der Waals surface area contributed by atoms with E-state index in [2.05, 4.69) is 22.1 Å². The zero-order valence-electron chi connectivity index (χ0n) is 14.3. The van der Waals surface area contributed by atoms with Gasteiger partial charge in [0, 0.05) is 24.2 Å². The van der Waals surface area contributed by atoms with Crippen LogP contribution in [0.3, 0.4) is 0 Å². The van der Waals surface area contributed by atoms with E-state index in [1.165, 1.54) is 30.2 Å². The van der Waals surface area contributed by atoms with Gasteiger partial charge >= 0.3 is 0 Å². The van der Waals surface area contributed by atoms with Gasteiger partial charge < -0.3 is 10.2 Å². The Bertz CT molecular complexity index is 775. The SMILES string of the molecule is C=CC(=O)N(C)c1ccc(C(=O)NCc2cc(C3CCC3)n[nH]2)cc1. The highest BCUT2D eigenvalue weighted by Gasteiger charge is 2.22. The van der Waals surface area contributed by atoms with Crippen LogP contribution < -0.4 is 10.2 Å². The smallest absolute Gasteiger partial charge is 0.251 e. The first-order chi connectivity index (χ1) is 12.1. The van der Waals surface area contributed by atoms with Gasteiger partial charge in [0.25, 0.3) is 5.91 Å². The molecular formula is C19H22N4O2. The van der Waals surface area contributed by atoms with Crippen molar-refractivity contribution in [2.45, 2.75) is 31.7 Å². The second-order valence-corrected chi connectivity index (χ2v) is 6.28. The fraction of sp³-hybridized carbons (Fsp3) is 0.316. The first kappa shape index (κ1) is 17.0. The summed E-state index contributed by atoms with van der Waals surface area (Å²) in [5.74, 6) is 0.214. The van der Waals surface area contributed by atoms with Crippen molar-refractivity contribution in [2.24, 2.45) is 0 Å². The highest BCUT2D eigenvalue weighted by Crippen LogP contribution is 2.35. The minimum absolute atomic E-state index is 0.163. The number of rotatable bonds is 6. The predicted molar refractivity (Wildman–Crippen MR) is 96.4 cm³/mol. The molecule has 25 heavy (non-hydrogen) atoms. The van der Waals surface area contributed by atoms with Crippen LogP contribution in [-0.2, 0) is 11.3 Å². The molecule has 1 fully saturated rings. The number of carbonyl (C=O) groups excluding carboxylic acids is 2. The van der Waals surface area contributed by atoms with Gasteiger partial charge in [0.15, 0.2) is 0 Å². The molecule has 2 aromatic rings. The number of carbonyl (C=O) groups is 2. The second kappa shape index (κ2) is 7.34. The summed E-state index contributed by atoms with van der Waals surface area (Å²) in [7, 11) is 1.66. The van der Waals surface area contributed by atoms with Crippen molar-refractivity contribution >= 4 is 17.5 Å². The molecule has 0 spiro atoms. The summed E-state index contributed by atoms with van der Waals surface area (Å²) < 4.78 is 0. The fourth-order valence-corrected chi connectivity index (χ4v) is 2.76. The Kier molecular flexibility index (Phi) is 4.97. The number of aromatic nitrogens is 2. The van der Waals surface area contributed by atoms with Crippen LogP contribution in [0.25, 0.3) is 0 Å². The van der Waals surface area contributed by atoms with E-state index in [1.54, 1.807) is 31.3 Å². The third-order valence-electron chi connectivity index (χ3n) is 4.64. The lowest BCUT2D eigenvalue weighted by Crippen LogP contribution is -2.25. The summed E-state index contributed by atoms with van der Waals surface area (Å²) in [5, 5.41) is 10.2. The topological polar surface area (TPSA) is 78.1 Å². The zero-order chi connectivity index (χ0) is 17.8. The molecule has 1 aliphatic carbocycles. The van der Waals surface area contributed by atoms with Crippen molar-refractivity contribution in [1.82, 2.24) is 15.5 Å². The fourth-order valence-electron chi connectivity index (χ4n) is 2.76. The summed E-state index contributed by atoms with van der Waals surface area (Å²) >= 11 is 0. The van der Waals surface area contributed by atoms with Gasteiger partial charge in [-0.3, -0.25) is 14.7 Å². The molecule has 0 saturated heterocycles. The Labute approximate surface area is 146 Å². The first-order valence-corrected chi connectivity index (χ1v) is 8.41. The molecule has 0 unspecified atom stereocenters. The number of H-pyrrole nitrogens is 1. The Balaban J connectivity index is 1.56. The molecule has 130 valence electrons. The number of likely N-dealkylation sites (N-methyl/N-ethyl adjacent to an activating group) is 1. The van der Waals surface area contributed by atoms with Crippen LogP contribution in [0.2, 0.25) is 0 Å². The van der Waals surface area contributed by atoms with Gasteiger partial charge in [-0.15, -0.1) is 0 Å². The third kappa shape index (κ3) is 3.79. The van der Waals surface area contributed by atoms with Crippen LogP contribution in [0.5, 0.6) is 0 Å². The van der Waals surface area contributed by atoms with Gasteiger partial charge in [-0.2, -0.15) is 5.10 Å². The lowest BCUT2D eigenvalue weighted by molar-refractivity contribution is -0.113. The summed E-state index contributed by atoms with van der Waals surface area (Å²) in [6.45, 7) is 3.88. The molecule has 0 aliphatic heterocycles. The average Bonchev–Trinajstić information content (AvgIpc) is 3.05. The van der Waals surface area contributed by atoms with E-state index in [0.29, 0.717) is 23.7 Å². The van der Waals surface area contributed by atoms with Crippen molar-refractivity contribution < 1.29 is 9.59 Å². The highest BCUT2D eigenvalue weighted by atomic mass is 16.2. The molecular weight excluding hydrogens is 316 g/mol. The van der Waals surface area contributed by atoms with E-state index < -0.39 is 0 Å². The van der Waals surface area contributed by atoms with Gasteiger partial charge in [0.1, 0.15) is 0 Å². The van der Waals surface area contributed by atoms with Crippen LogP contribution in [-0.4, -0.2) is 29.1 Å². The van der Waals surface area contributed by atoms with Gasteiger partial charge in [0.05, 0.1) is 17.9 Å². The van der Waals surface area contributed by atoms with Crippen LogP contribution >= 0.6 is 0 Å². The molecule has 2 amide bonds. The predicted octanol–water partition coefficient (Wildman–Crippen LogP) is 2.76. The van der Waals surface area contributed by atoms with Crippen LogP contribution in [0.1, 0.15) is 46.9 Å². The van der Waals surface area contributed by atoms with E-state index in [-0.39, 0.29) is 11.8 Å². The molecule has 0 atom stereocenters. The summed E-state index contributed by atoms with van der Waals surface area (Å²) in [5.41, 5.74) is 3.25. The maximum absolute atomic E-state index is 12.3. The van der Waals surface area contributed by atoms with Gasteiger partial charge in [-0.05, 0) is 49.2 Å². The number of anilines is 1. The molecule has 1 saturated carbocycles. The number of hydrogen-bond acceptors (Lipinski definition) is 3. The molecule has 6 heteroatoms. The molecule has 2 N–H and O–H groups in total. The van der Waals surface area contributed by atoms with Crippen LogP contribution in [0, 0.1) is 0 Å². The summed E-state index contributed by atoms with van der Waals surface area (Å²) in [6, 6.07) is 8.90. The molecule has 3 rings (SSSR count). The standard InChI is InChI=1S/C19H22N4O2/c1-3-18(24)23(2)16-9-7-14(8-10-16)19(25)20-12-15-11-17(22-21-15)13-5-4-6-13/h3,7-11,13H,1,4-6,12H2,2H3,(H,20,25)(H,21,22). The van der Waals surface area contributed by atoms with E-state index in [0.717, 1.165) is 11.4 Å². The Morgan fingerprint density at radius 2 is 2.08 bits per heavy atom. The quantitative estimate of drug-likeness (QED) is 0.795. The Hall–Kier alpha value is -2.89. The van der Waals surface area contributed by atoms with E-state index in [1.807, 2.05) is 6.07 Å². The van der Waals surface area contributed by atoms with Crippen LogP contribution in [0.15, 0.2) is 43.0 Å². The molecule has 1 heterocycles. The lowest BCUT2D eigenvalue weighted by atomic mass is 9.83. The van der Waals surface area contributed by atoms with Crippen molar-refractivity contribution in [1.29, 1.82) is 0 Å². The third-order valence-corrected chi connectivity index (χ3v) is 4.64. The number of benzene rings is 1. The number of hydrogen-bond donors (Lipinski definition) is 2. The number of amides is 2. The van der Waals surface area contributed by atoms with E-state index in [4.69, 9.17) is 0 Å². The molecule has 0 bridgehead atoms. The second-order valence-electron chi connectivity index (χ2n) is 6.28. The highest BCUT2D eigenvalue weighted by molar-refractivity contribution is 6.01. The van der Waals surface area contributed by atoms with Crippen LogP contribution in [0.4, 0.5) is 5.69 Å². The van der Waals surface area contributed by atoms with Crippen molar-refractivity contribution in [3.05, 3.63) is 59.9 Å². The largest absolute Gasteiger partial charge is 0.346 e. The molecule has 0 radical (unpaired) electrons. The van der Waals surface area contributed by atoms with Gasteiger partial charge in [-0.1, -0.05) is 13.0 Å². The van der Waals surface area contributed by atoms with Crippen molar-refractivity contribution in [2.75, 3.05) is 11.9 Å². The first-order valence-electron chi connectivity index (χ1n) is 8.41.